The van der Waals surface area contributed by atoms with Crippen LogP contribution in [-0.2, 0) is 0 Å². The standard InChI is InChI=1S/C18H11FN2O2/c1-2-12-4-3-5-15(10-12)20-18(22)16-11-17(23-21-16)13-6-8-14(19)9-7-13/h1,3-11H,(H,20,22). The van der Waals surface area contributed by atoms with Crippen molar-refractivity contribution in [1.82, 2.24) is 5.16 Å². The van der Waals surface area contributed by atoms with E-state index in [2.05, 4.69) is 16.4 Å². The first-order valence-corrected chi connectivity index (χ1v) is 6.76. The third-order valence-corrected chi connectivity index (χ3v) is 3.16. The van der Waals surface area contributed by atoms with Crippen LogP contribution < -0.4 is 5.32 Å². The van der Waals surface area contributed by atoms with Crippen LogP contribution in [0.2, 0.25) is 0 Å². The number of aromatic nitrogens is 1. The summed E-state index contributed by atoms with van der Waals surface area (Å²) in [7, 11) is 0. The van der Waals surface area contributed by atoms with Crippen molar-refractivity contribution in [2.24, 2.45) is 0 Å². The van der Waals surface area contributed by atoms with Crippen LogP contribution >= 0.6 is 0 Å². The summed E-state index contributed by atoms with van der Waals surface area (Å²) in [5, 5.41) is 6.42. The number of rotatable bonds is 3. The van der Waals surface area contributed by atoms with Crippen LogP contribution in [0.15, 0.2) is 59.1 Å². The van der Waals surface area contributed by atoms with Gasteiger partial charge in [-0.15, -0.1) is 6.42 Å². The minimum atomic E-state index is -0.420. The van der Waals surface area contributed by atoms with Crippen molar-refractivity contribution >= 4 is 11.6 Å². The van der Waals surface area contributed by atoms with Crippen molar-refractivity contribution in [3.05, 3.63) is 71.7 Å². The Bertz CT molecular complexity index is 892. The quantitative estimate of drug-likeness (QED) is 0.750. The molecular weight excluding hydrogens is 295 g/mol. The van der Waals surface area contributed by atoms with Crippen molar-refractivity contribution in [2.75, 3.05) is 5.32 Å². The Hall–Kier alpha value is -3.39. The zero-order chi connectivity index (χ0) is 16.2. The molecule has 0 bridgehead atoms. The SMILES string of the molecule is C#Cc1cccc(NC(=O)c2cc(-c3ccc(F)cc3)on2)c1. The maximum Gasteiger partial charge on any atom is 0.277 e. The zero-order valence-electron chi connectivity index (χ0n) is 11.9. The van der Waals surface area contributed by atoms with Crippen LogP contribution in [0.4, 0.5) is 10.1 Å². The molecule has 0 radical (unpaired) electrons. The Balaban J connectivity index is 1.78. The molecule has 0 aliphatic rings. The average Bonchev–Trinajstić information content (AvgIpc) is 3.06. The molecule has 1 heterocycles. The van der Waals surface area contributed by atoms with Crippen LogP contribution in [0.25, 0.3) is 11.3 Å². The van der Waals surface area contributed by atoms with E-state index in [4.69, 9.17) is 10.9 Å². The van der Waals surface area contributed by atoms with Gasteiger partial charge in [0.1, 0.15) is 5.82 Å². The van der Waals surface area contributed by atoms with Crippen LogP contribution in [0, 0.1) is 18.2 Å². The van der Waals surface area contributed by atoms with Crippen LogP contribution in [-0.4, -0.2) is 11.1 Å². The lowest BCUT2D eigenvalue weighted by Gasteiger charge is -2.02. The molecule has 0 unspecified atom stereocenters. The smallest absolute Gasteiger partial charge is 0.277 e. The van der Waals surface area contributed by atoms with E-state index in [1.165, 1.54) is 18.2 Å². The van der Waals surface area contributed by atoms with Gasteiger partial charge in [-0.05, 0) is 42.5 Å². The van der Waals surface area contributed by atoms with E-state index >= 15 is 0 Å². The second-order valence-electron chi connectivity index (χ2n) is 4.76. The van der Waals surface area contributed by atoms with Crippen molar-refractivity contribution in [3.8, 4) is 23.7 Å². The topological polar surface area (TPSA) is 55.1 Å². The molecule has 0 atom stereocenters. The van der Waals surface area contributed by atoms with Crippen LogP contribution in [0.5, 0.6) is 0 Å². The van der Waals surface area contributed by atoms with E-state index in [9.17, 15) is 9.18 Å². The number of nitrogens with zero attached hydrogens (tertiary/aromatic N) is 1. The summed E-state index contributed by atoms with van der Waals surface area (Å²) in [4.78, 5) is 12.2. The number of benzene rings is 2. The highest BCUT2D eigenvalue weighted by molar-refractivity contribution is 6.03. The first-order valence-electron chi connectivity index (χ1n) is 6.76. The molecule has 112 valence electrons. The van der Waals surface area contributed by atoms with Gasteiger partial charge in [0.05, 0.1) is 0 Å². The van der Waals surface area contributed by atoms with Crippen molar-refractivity contribution in [2.45, 2.75) is 0 Å². The molecule has 3 aromatic rings. The van der Waals surface area contributed by atoms with E-state index in [0.29, 0.717) is 22.6 Å². The van der Waals surface area contributed by atoms with Crippen molar-refractivity contribution < 1.29 is 13.7 Å². The van der Waals surface area contributed by atoms with Gasteiger partial charge in [0.2, 0.25) is 0 Å². The second kappa shape index (κ2) is 6.16. The Morgan fingerprint density at radius 2 is 1.96 bits per heavy atom. The molecule has 1 N–H and O–H groups in total. The molecule has 1 aromatic heterocycles. The highest BCUT2D eigenvalue weighted by atomic mass is 19.1. The second-order valence-corrected chi connectivity index (χ2v) is 4.76. The van der Waals surface area contributed by atoms with E-state index < -0.39 is 5.91 Å². The third-order valence-electron chi connectivity index (χ3n) is 3.16. The molecule has 0 aliphatic carbocycles. The molecule has 23 heavy (non-hydrogen) atoms. The Labute approximate surface area is 131 Å². The molecule has 4 nitrogen and oxygen atoms in total. The summed E-state index contributed by atoms with van der Waals surface area (Å²) in [5.41, 5.74) is 1.98. The minimum Gasteiger partial charge on any atom is -0.355 e. The number of halogens is 1. The molecule has 0 spiro atoms. The normalized spacial score (nSPS) is 10.1. The van der Waals surface area contributed by atoms with Gasteiger partial charge in [-0.2, -0.15) is 0 Å². The van der Waals surface area contributed by atoms with Crippen molar-refractivity contribution in [1.29, 1.82) is 0 Å². The van der Waals surface area contributed by atoms with E-state index in [0.717, 1.165) is 0 Å². The summed E-state index contributed by atoms with van der Waals surface area (Å²) in [6.07, 6.45) is 5.32. The number of carbonyl (C=O) groups is 1. The van der Waals surface area contributed by atoms with Gasteiger partial charge in [-0.25, -0.2) is 4.39 Å². The summed E-state index contributed by atoms with van der Waals surface area (Å²) >= 11 is 0. The lowest BCUT2D eigenvalue weighted by molar-refractivity contribution is 0.101. The summed E-state index contributed by atoms with van der Waals surface area (Å²) in [6, 6.07) is 14.1. The number of hydrogen-bond acceptors (Lipinski definition) is 3. The molecular formula is C18H11FN2O2. The number of terminal acetylenes is 1. The van der Waals surface area contributed by atoms with Gasteiger partial charge in [-0.3, -0.25) is 4.79 Å². The highest BCUT2D eigenvalue weighted by Crippen LogP contribution is 2.21. The first kappa shape index (κ1) is 14.5. The lowest BCUT2D eigenvalue weighted by Crippen LogP contribution is -2.12. The van der Waals surface area contributed by atoms with Gasteiger partial charge < -0.3 is 9.84 Å². The summed E-state index contributed by atoms with van der Waals surface area (Å²) < 4.78 is 18.0. The van der Waals surface area contributed by atoms with Crippen LogP contribution in [0.3, 0.4) is 0 Å². The maximum absolute atomic E-state index is 12.9. The Morgan fingerprint density at radius 1 is 1.17 bits per heavy atom. The average molecular weight is 306 g/mol. The molecule has 0 saturated carbocycles. The maximum atomic E-state index is 12.9. The molecule has 0 saturated heterocycles. The minimum absolute atomic E-state index is 0.121. The van der Waals surface area contributed by atoms with Gasteiger partial charge >= 0.3 is 0 Å². The number of carbonyl (C=O) groups excluding carboxylic acids is 1. The fourth-order valence-electron chi connectivity index (χ4n) is 2.01. The molecule has 5 heteroatoms. The van der Waals surface area contributed by atoms with Crippen molar-refractivity contribution in [3.63, 3.8) is 0 Å². The third kappa shape index (κ3) is 3.27. The van der Waals surface area contributed by atoms with Crippen LogP contribution in [0.1, 0.15) is 16.1 Å². The Kier molecular flexibility index (Phi) is 3.89. The fourth-order valence-corrected chi connectivity index (χ4v) is 2.01. The monoisotopic (exact) mass is 306 g/mol. The van der Waals surface area contributed by atoms with E-state index in [-0.39, 0.29) is 11.5 Å². The number of hydrogen-bond donors (Lipinski definition) is 1. The number of anilines is 1. The first-order chi connectivity index (χ1) is 11.2. The van der Waals surface area contributed by atoms with Gasteiger partial charge in [0.15, 0.2) is 11.5 Å². The summed E-state index contributed by atoms with van der Waals surface area (Å²) in [6.45, 7) is 0. The van der Waals surface area contributed by atoms with Gasteiger partial charge in [0, 0.05) is 22.9 Å². The lowest BCUT2D eigenvalue weighted by atomic mass is 10.1. The van der Waals surface area contributed by atoms with Gasteiger partial charge in [-0.1, -0.05) is 17.1 Å². The van der Waals surface area contributed by atoms with Gasteiger partial charge in [0.25, 0.3) is 5.91 Å². The molecule has 0 aliphatic heterocycles. The fraction of sp³-hybridized carbons (Fsp3) is 0. The highest BCUT2D eigenvalue weighted by Gasteiger charge is 2.14. The van der Waals surface area contributed by atoms with E-state index in [1.807, 2.05) is 0 Å². The number of amides is 1. The molecule has 3 rings (SSSR count). The Morgan fingerprint density at radius 3 is 2.70 bits per heavy atom. The molecule has 1 amide bonds. The van der Waals surface area contributed by atoms with E-state index in [1.54, 1.807) is 36.4 Å². The number of nitrogens with one attached hydrogen (secondary N) is 1. The predicted molar refractivity (Wildman–Crippen MR) is 84.2 cm³/mol. The summed E-state index contributed by atoms with van der Waals surface area (Å²) in [5.74, 6) is 2.11. The largest absolute Gasteiger partial charge is 0.355 e. The zero-order valence-corrected chi connectivity index (χ0v) is 11.9. The molecule has 0 fully saturated rings. The molecule has 2 aromatic carbocycles. The predicted octanol–water partition coefficient (Wildman–Crippen LogP) is 3.71.